The first-order valence-corrected chi connectivity index (χ1v) is 15.5. The standard InChI is InChI=1S/C35H47N6/c1(3-13-21-38-25-27-40(32-38)29-34-15-7-5-8-16-34)11-19-36-23-24-37(31-36)20-12-2-4-14-22-39-26-28-41(33-39)30-35-17-9-6-10-18-35/h5-10,15-18,23-28,31-33H,1-4,11-14,19-22,29-30H2/q+3. The van der Waals surface area contributed by atoms with Gasteiger partial charge in [0, 0.05) is 0 Å². The van der Waals surface area contributed by atoms with Crippen molar-refractivity contribution in [2.24, 2.45) is 0 Å². The monoisotopic (exact) mass is 551 g/mol. The SMILES string of the molecule is c1ccc(C[n+]2ccn(CCCCCCn3cc[n+](CCCCCCn4cc[n+](Cc5ccccc5)c4)c3)c2)cc1. The van der Waals surface area contributed by atoms with Crippen LogP contribution in [0.3, 0.4) is 0 Å². The van der Waals surface area contributed by atoms with E-state index in [1.54, 1.807) is 0 Å². The first kappa shape index (κ1) is 28.6. The fourth-order valence-electron chi connectivity index (χ4n) is 5.51. The molecule has 0 N–H and O–H groups in total. The Morgan fingerprint density at radius 3 is 1.27 bits per heavy atom. The van der Waals surface area contributed by atoms with Crippen molar-refractivity contribution >= 4 is 0 Å². The lowest BCUT2D eigenvalue weighted by Gasteiger charge is -2.00. The van der Waals surface area contributed by atoms with Crippen LogP contribution < -0.4 is 13.7 Å². The number of aryl methyl sites for hydroxylation is 4. The van der Waals surface area contributed by atoms with Crippen molar-refractivity contribution in [3.63, 3.8) is 0 Å². The summed E-state index contributed by atoms with van der Waals surface area (Å²) in [5, 5.41) is 0. The quantitative estimate of drug-likeness (QED) is 0.101. The van der Waals surface area contributed by atoms with E-state index in [1.807, 2.05) is 0 Å². The Labute approximate surface area is 245 Å². The number of imidazole rings is 3. The molecular weight excluding hydrogens is 504 g/mol. The predicted molar refractivity (Wildman–Crippen MR) is 162 cm³/mol. The molecule has 0 bridgehead atoms. The molecule has 0 aliphatic carbocycles. The van der Waals surface area contributed by atoms with E-state index < -0.39 is 0 Å². The molecule has 3 heterocycles. The molecule has 5 rings (SSSR count). The summed E-state index contributed by atoms with van der Waals surface area (Å²) in [6.45, 7) is 6.32. The fraction of sp³-hybridized carbons (Fsp3) is 0.400. The molecule has 6 heteroatoms. The molecule has 41 heavy (non-hydrogen) atoms. The van der Waals surface area contributed by atoms with Crippen molar-refractivity contribution in [3.05, 3.63) is 128 Å². The number of nitrogens with zero attached hydrogens (tertiary/aromatic N) is 6. The minimum Gasteiger partial charge on any atom is -0.237 e. The van der Waals surface area contributed by atoms with Gasteiger partial charge in [-0.2, -0.15) is 0 Å². The van der Waals surface area contributed by atoms with Crippen LogP contribution in [0, 0.1) is 0 Å². The molecule has 0 saturated carbocycles. The minimum absolute atomic E-state index is 0.939. The molecule has 0 aliphatic heterocycles. The van der Waals surface area contributed by atoms with Gasteiger partial charge < -0.3 is 0 Å². The van der Waals surface area contributed by atoms with Crippen LogP contribution in [-0.2, 0) is 39.3 Å². The van der Waals surface area contributed by atoms with Crippen LogP contribution in [0.15, 0.2) is 117 Å². The zero-order valence-corrected chi connectivity index (χ0v) is 24.6. The van der Waals surface area contributed by atoms with Crippen LogP contribution in [0.5, 0.6) is 0 Å². The fourth-order valence-corrected chi connectivity index (χ4v) is 5.51. The number of unbranched alkanes of at least 4 members (excludes halogenated alkanes) is 6. The summed E-state index contributed by atoms with van der Waals surface area (Å²) < 4.78 is 13.9. The summed E-state index contributed by atoms with van der Waals surface area (Å²) in [5.41, 5.74) is 2.69. The average molecular weight is 552 g/mol. The summed E-state index contributed by atoms with van der Waals surface area (Å²) in [6.07, 6.45) is 30.1. The summed E-state index contributed by atoms with van der Waals surface area (Å²) in [4.78, 5) is 0. The van der Waals surface area contributed by atoms with Crippen molar-refractivity contribution in [1.29, 1.82) is 0 Å². The lowest BCUT2D eigenvalue weighted by Crippen LogP contribution is -2.31. The van der Waals surface area contributed by atoms with Gasteiger partial charge in [-0.15, -0.1) is 0 Å². The van der Waals surface area contributed by atoms with Gasteiger partial charge in [0.05, 0.1) is 26.2 Å². The third-order valence-corrected chi connectivity index (χ3v) is 7.82. The number of benzene rings is 2. The van der Waals surface area contributed by atoms with Gasteiger partial charge in [0.2, 0.25) is 19.0 Å². The van der Waals surface area contributed by atoms with Crippen molar-refractivity contribution < 1.29 is 13.7 Å². The number of rotatable bonds is 18. The van der Waals surface area contributed by atoms with Crippen LogP contribution in [-0.4, -0.2) is 13.7 Å². The maximum absolute atomic E-state index is 2.36. The van der Waals surface area contributed by atoms with E-state index in [1.165, 1.54) is 62.5 Å². The number of hydrogen-bond donors (Lipinski definition) is 0. The Kier molecular flexibility index (Phi) is 11.0. The smallest absolute Gasteiger partial charge is 0.237 e. The van der Waals surface area contributed by atoms with Crippen molar-refractivity contribution in [2.75, 3.05) is 0 Å². The van der Waals surface area contributed by atoms with Crippen molar-refractivity contribution in [1.82, 2.24) is 13.7 Å². The number of hydrogen-bond acceptors (Lipinski definition) is 0. The van der Waals surface area contributed by atoms with Crippen LogP contribution in [0.25, 0.3) is 0 Å². The van der Waals surface area contributed by atoms with Crippen LogP contribution in [0.4, 0.5) is 0 Å². The maximum atomic E-state index is 2.36. The van der Waals surface area contributed by atoms with E-state index in [4.69, 9.17) is 0 Å². The zero-order chi connectivity index (χ0) is 28.0. The van der Waals surface area contributed by atoms with Gasteiger partial charge in [0.1, 0.15) is 50.3 Å². The van der Waals surface area contributed by atoms with Gasteiger partial charge in [-0.25, -0.2) is 27.4 Å². The highest BCUT2D eigenvalue weighted by molar-refractivity contribution is 5.13. The highest BCUT2D eigenvalue weighted by Gasteiger charge is 2.07. The molecular formula is C35H47N6+3. The first-order valence-electron chi connectivity index (χ1n) is 15.5. The molecule has 5 aromatic rings. The second kappa shape index (κ2) is 15.8. The van der Waals surface area contributed by atoms with Gasteiger partial charge in [-0.3, -0.25) is 0 Å². The molecule has 0 spiro atoms. The lowest BCUT2D eigenvalue weighted by molar-refractivity contribution is -0.696. The Morgan fingerprint density at radius 2 is 0.805 bits per heavy atom. The first-order chi connectivity index (χ1) is 20.3. The van der Waals surface area contributed by atoms with Crippen molar-refractivity contribution in [2.45, 2.75) is 90.6 Å². The normalized spacial score (nSPS) is 11.3. The van der Waals surface area contributed by atoms with Gasteiger partial charge in [0.25, 0.3) is 0 Å². The second-order valence-electron chi connectivity index (χ2n) is 11.3. The third-order valence-electron chi connectivity index (χ3n) is 7.82. The summed E-state index contributed by atoms with van der Waals surface area (Å²) in [7, 11) is 0. The van der Waals surface area contributed by atoms with Crippen LogP contribution in [0.1, 0.15) is 62.5 Å². The third kappa shape index (κ3) is 9.89. The lowest BCUT2D eigenvalue weighted by atomic mass is 10.2. The number of aromatic nitrogens is 6. The van der Waals surface area contributed by atoms with Crippen LogP contribution >= 0.6 is 0 Å². The molecule has 0 amide bonds. The molecule has 0 atom stereocenters. The topological polar surface area (TPSA) is 26.4 Å². The molecule has 0 radical (unpaired) electrons. The van der Waals surface area contributed by atoms with Gasteiger partial charge in [-0.05, 0) is 62.5 Å². The highest BCUT2D eigenvalue weighted by Crippen LogP contribution is 2.06. The maximum Gasteiger partial charge on any atom is 0.244 e. The Balaban J connectivity index is 0.876. The highest BCUT2D eigenvalue weighted by atomic mass is 15.1. The Morgan fingerprint density at radius 1 is 0.415 bits per heavy atom. The van der Waals surface area contributed by atoms with E-state index in [9.17, 15) is 0 Å². The zero-order valence-electron chi connectivity index (χ0n) is 24.6. The predicted octanol–water partition coefficient (Wildman–Crippen LogP) is 5.57. The van der Waals surface area contributed by atoms with Gasteiger partial charge in [-0.1, -0.05) is 60.7 Å². The summed E-state index contributed by atoms with van der Waals surface area (Å²) in [5.74, 6) is 0. The van der Waals surface area contributed by atoms with Gasteiger partial charge in [0.15, 0.2) is 0 Å². The molecule has 0 saturated heterocycles. The van der Waals surface area contributed by atoms with Gasteiger partial charge >= 0.3 is 0 Å². The molecule has 0 unspecified atom stereocenters. The van der Waals surface area contributed by atoms with E-state index in [2.05, 4.69) is 144 Å². The van der Waals surface area contributed by atoms with E-state index in [0.29, 0.717) is 0 Å². The summed E-state index contributed by atoms with van der Waals surface area (Å²) >= 11 is 0. The van der Waals surface area contributed by atoms with Crippen LogP contribution in [0.2, 0.25) is 0 Å². The molecule has 6 nitrogen and oxygen atoms in total. The molecule has 214 valence electrons. The van der Waals surface area contributed by atoms with E-state index in [0.717, 1.165) is 39.3 Å². The average Bonchev–Trinajstić information content (AvgIpc) is 3.76. The molecule has 0 aliphatic rings. The molecule has 2 aromatic carbocycles. The largest absolute Gasteiger partial charge is 0.244 e. The Bertz CT molecular complexity index is 1290. The van der Waals surface area contributed by atoms with Crippen molar-refractivity contribution in [3.8, 4) is 0 Å². The Hall–Kier alpha value is -3.93. The molecule has 3 aromatic heterocycles. The van der Waals surface area contributed by atoms with E-state index in [-0.39, 0.29) is 0 Å². The minimum atomic E-state index is 0.939. The van der Waals surface area contributed by atoms with E-state index >= 15 is 0 Å². The summed E-state index contributed by atoms with van der Waals surface area (Å²) in [6, 6.07) is 21.3. The molecule has 0 fully saturated rings. The second-order valence-corrected chi connectivity index (χ2v) is 11.3.